The van der Waals surface area contributed by atoms with Crippen molar-refractivity contribution in [3.8, 4) is 0 Å². The Morgan fingerprint density at radius 3 is 1.22 bits per heavy atom. The number of hydrogen-bond acceptors (Lipinski definition) is 2. The van der Waals surface area contributed by atoms with E-state index in [4.69, 9.17) is 20.0 Å². The number of aliphatic imine (C=N–C) groups is 2. The van der Waals surface area contributed by atoms with Gasteiger partial charge in [0.25, 0.3) is 0 Å². The molecule has 0 unspecified atom stereocenters. The molecule has 59 heavy (non-hydrogen) atoms. The molecule has 6 rings (SSSR count). The van der Waals surface area contributed by atoms with E-state index < -0.39 is 0 Å². The second kappa shape index (κ2) is 21.4. The second-order valence-corrected chi connectivity index (χ2v) is 16.7. The Hall–Kier alpha value is -3.43. The van der Waals surface area contributed by atoms with Crippen LogP contribution in [0, 0.1) is 0 Å². The molecule has 320 valence electrons. The maximum Gasteiger partial charge on any atom is 2.00 e. The summed E-state index contributed by atoms with van der Waals surface area (Å²) in [5, 5.41) is 0. The van der Waals surface area contributed by atoms with E-state index in [1.165, 1.54) is 107 Å². The number of allylic oxidation sites excluding steroid dienone is 6. The predicted molar refractivity (Wildman–Crippen MR) is 251 cm³/mol. The number of hydrogen-bond donors (Lipinski definition) is 0. The molecule has 0 saturated heterocycles. The zero-order chi connectivity index (χ0) is 41.5. The summed E-state index contributed by atoms with van der Waals surface area (Å²) in [6.07, 6.45) is 17.6. The van der Waals surface area contributed by atoms with E-state index in [1.807, 2.05) is 0 Å². The van der Waals surface area contributed by atoms with Crippen LogP contribution in [0.2, 0.25) is 0 Å². The third-order valence-corrected chi connectivity index (χ3v) is 13.5. The van der Waals surface area contributed by atoms with E-state index >= 15 is 0 Å². The van der Waals surface area contributed by atoms with Gasteiger partial charge >= 0.3 is 16.5 Å². The third-order valence-electron chi connectivity index (χ3n) is 13.5. The summed E-state index contributed by atoms with van der Waals surface area (Å²) in [4.78, 5) is 23.8. The Bertz CT molecular complexity index is 2000. The summed E-state index contributed by atoms with van der Waals surface area (Å²) in [6.45, 7) is 25.8. The average Bonchev–Trinajstić information content (AvgIpc) is 4.01. The zero-order valence-electron chi connectivity index (χ0n) is 38.7. The first kappa shape index (κ1) is 46.6. The van der Waals surface area contributed by atoms with Crippen molar-refractivity contribution in [2.45, 2.75) is 197 Å². The van der Waals surface area contributed by atoms with Gasteiger partial charge in [0.2, 0.25) is 0 Å². The van der Waals surface area contributed by atoms with Crippen LogP contribution < -0.4 is 9.97 Å². The van der Waals surface area contributed by atoms with Crippen molar-refractivity contribution in [3.63, 3.8) is 0 Å². The minimum Gasteiger partial charge on any atom is -0.660 e. The first-order valence-electron chi connectivity index (χ1n) is 23.9. The fraction of sp³-hybridized carbons (Fsp3) is 0.556. The van der Waals surface area contributed by atoms with Crippen LogP contribution in [0.1, 0.15) is 222 Å². The molecule has 2 aromatic heterocycles. The van der Waals surface area contributed by atoms with Crippen LogP contribution in [0.3, 0.4) is 0 Å². The molecule has 5 heteroatoms. The van der Waals surface area contributed by atoms with Crippen molar-refractivity contribution in [1.29, 1.82) is 0 Å². The number of rotatable bonds is 18. The molecule has 0 amide bonds. The molecule has 3 aliphatic rings. The predicted octanol–water partition coefficient (Wildman–Crippen LogP) is 14.9. The Kier molecular flexibility index (Phi) is 16.9. The SMILES string of the molecule is CCCC/C1=C2/N=C(C(CC)=C2CC)C(c2ccccc2)C2=N/C(=C(/CCCC)c3[n-]c(c(CC)c3CC)C(CCCC)c3[n-]c1c(CC)c3CC)C(CC)=C2CC.[Ni+2]. The molecule has 0 N–H and O–H groups in total. The molecule has 3 aromatic rings. The van der Waals surface area contributed by atoms with E-state index in [-0.39, 0.29) is 28.3 Å². The number of fused-ring (bicyclic) bond motifs is 6. The third kappa shape index (κ3) is 8.58. The molecule has 1 aromatic carbocycles. The van der Waals surface area contributed by atoms with E-state index in [0.717, 1.165) is 109 Å². The number of aromatic nitrogens is 2. The fourth-order valence-corrected chi connectivity index (χ4v) is 10.7. The normalized spacial score (nSPS) is 20.5. The smallest absolute Gasteiger partial charge is 0.660 e. The maximum atomic E-state index is 5.97. The Morgan fingerprint density at radius 1 is 0.458 bits per heavy atom. The van der Waals surface area contributed by atoms with Gasteiger partial charge in [-0.1, -0.05) is 154 Å². The van der Waals surface area contributed by atoms with Gasteiger partial charge in [0.15, 0.2) is 0 Å². The van der Waals surface area contributed by atoms with Gasteiger partial charge in [-0.2, -0.15) is 11.4 Å². The minimum absolute atomic E-state index is 0. The molecule has 0 saturated carbocycles. The zero-order valence-corrected chi connectivity index (χ0v) is 39.7. The van der Waals surface area contributed by atoms with Gasteiger partial charge in [-0.3, -0.25) is 9.98 Å². The van der Waals surface area contributed by atoms with Gasteiger partial charge in [-0.05, 0) is 128 Å². The van der Waals surface area contributed by atoms with Gasteiger partial charge in [0.1, 0.15) is 0 Å². The molecule has 0 atom stereocenters. The molecular weight excluding hydrogens is 763 g/mol. The average molecular weight is 838 g/mol. The number of benzene rings is 1. The second-order valence-electron chi connectivity index (χ2n) is 16.7. The summed E-state index contributed by atoms with van der Waals surface area (Å²) in [5.74, 6) is 0.105. The van der Waals surface area contributed by atoms with Crippen LogP contribution in [0.15, 0.2) is 74.0 Å². The van der Waals surface area contributed by atoms with Crippen LogP contribution in [0.5, 0.6) is 0 Å². The number of nitrogens with zero attached hydrogens (tertiary/aromatic N) is 4. The van der Waals surface area contributed by atoms with Crippen molar-refractivity contribution in [3.05, 3.63) is 115 Å². The Balaban J connectivity index is 0.00000661. The largest absolute Gasteiger partial charge is 2.00 e. The first-order valence-corrected chi connectivity index (χ1v) is 23.9. The van der Waals surface area contributed by atoms with Gasteiger partial charge in [-0.25, -0.2) is 0 Å². The van der Waals surface area contributed by atoms with E-state index in [2.05, 4.69) is 106 Å². The quantitative estimate of drug-likeness (QED) is 0.120. The standard InChI is InChI=1S/C54H74N4.Ni/c1-12-23-31-43-47-35(15-4)37(17-6)49(55-47)44(32-24-13-2)51-39(19-8)41(21-10)53(57-51)46(34-29-27-26-28-30-34)54-42(22-11)40(20-9)52(58-54)45(33-25-14-3)50-38(18-7)36(16-5)48(43)56-50;/h26-30,43,46H,12-25,31-33H2,1-11H3;/q-2;+2/b51-44-,52-45-;. The van der Waals surface area contributed by atoms with Crippen molar-refractivity contribution < 1.29 is 16.5 Å². The van der Waals surface area contributed by atoms with Crippen LogP contribution in [0.4, 0.5) is 0 Å². The van der Waals surface area contributed by atoms with E-state index in [9.17, 15) is 0 Å². The molecule has 0 fully saturated rings. The van der Waals surface area contributed by atoms with Gasteiger partial charge in [-0.15, -0.1) is 11.4 Å². The van der Waals surface area contributed by atoms with Crippen LogP contribution in [-0.4, -0.2) is 11.4 Å². The number of unbranched alkanes of at least 4 members (excludes halogenated alkanes) is 3. The van der Waals surface area contributed by atoms with Crippen molar-refractivity contribution in [1.82, 2.24) is 9.97 Å². The molecule has 0 radical (unpaired) electrons. The van der Waals surface area contributed by atoms with Gasteiger partial charge in [0, 0.05) is 0 Å². The Labute approximate surface area is 369 Å². The molecule has 8 bridgehead atoms. The molecule has 5 heterocycles. The van der Waals surface area contributed by atoms with Crippen molar-refractivity contribution in [2.24, 2.45) is 9.98 Å². The van der Waals surface area contributed by atoms with Crippen LogP contribution >= 0.6 is 0 Å². The fourth-order valence-electron chi connectivity index (χ4n) is 10.7. The summed E-state index contributed by atoms with van der Waals surface area (Å²) in [5.41, 5.74) is 25.3. The van der Waals surface area contributed by atoms with Crippen LogP contribution in [0.25, 0.3) is 11.1 Å². The summed E-state index contributed by atoms with van der Waals surface area (Å²) >= 11 is 0. The molecule has 3 aliphatic heterocycles. The summed E-state index contributed by atoms with van der Waals surface area (Å²) in [6, 6.07) is 11.2. The maximum absolute atomic E-state index is 5.97. The van der Waals surface area contributed by atoms with Crippen LogP contribution in [-0.2, 0) is 42.2 Å². The van der Waals surface area contributed by atoms with Gasteiger partial charge < -0.3 is 9.97 Å². The van der Waals surface area contributed by atoms with Crippen molar-refractivity contribution >= 4 is 22.6 Å². The van der Waals surface area contributed by atoms with E-state index in [1.54, 1.807) is 0 Å². The molecule has 0 aliphatic carbocycles. The monoisotopic (exact) mass is 837 g/mol. The molecule has 0 spiro atoms. The van der Waals surface area contributed by atoms with E-state index in [0.29, 0.717) is 0 Å². The van der Waals surface area contributed by atoms with Crippen molar-refractivity contribution in [2.75, 3.05) is 0 Å². The first-order chi connectivity index (χ1) is 28.4. The molecule has 4 nitrogen and oxygen atoms in total. The van der Waals surface area contributed by atoms with Gasteiger partial charge in [0.05, 0.1) is 28.7 Å². The summed E-state index contributed by atoms with van der Waals surface area (Å²) in [7, 11) is 0. The Morgan fingerprint density at radius 2 is 0.864 bits per heavy atom. The topological polar surface area (TPSA) is 52.9 Å². The summed E-state index contributed by atoms with van der Waals surface area (Å²) < 4.78 is 0. The molecular formula is C54H74N4Ni. The minimum atomic E-state index is -0.0598.